The van der Waals surface area contributed by atoms with Gasteiger partial charge in [-0.25, -0.2) is 4.79 Å². The zero-order valence-electron chi connectivity index (χ0n) is 19.7. The van der Waals surface area contributed by atoms with Crippen molar-refractivity contribution in [2.45, 2.75) is 6.61 Å². The zero-order valence-corrected chi connectivity index (χ0v) is 19.7. The lowest BCUT2D eigenvalue weighted by molar-refractivity contribution is 0.0697. The third kappa shape index (κ3) is 5.91. The largest absolute Gasteiger partial charge is 0.489 e. The van der Waals surface area contributed by atoms with Gasteiger partial charge in [-0.1, -0.05) is 54.6 Å². The summed E-state index contributed by atoms with van der Waals surface area (Å²) in [5.74, 6) is -0.269. The molecule has 0 atom stereocenters. The number of hydrogen-bond acceptors (Lipinski definition) is 6. The van der Waals surface area contributed by atoms with Gasteiger partial charge in [0.25, 0.3) is 0 Å². The van der Waals surface area contributed by atoms with E-state index in [0.717, 1.165) is 33.4 Å². The van der Waals surface area contributed by atoms with Crippen molar-refractivity contribution in [3.8, 4) is 5.75 Å². The average Bonchev–Trinajstić information content (AvgIpc) is 2.95. The van der Waals surface area contributed by atoms with Gasteiger partial charge in [-0.3, -0.25) is 0 Å². The quantitative estimate of drug-likeness (QED) is 0.222. The van der Waals surface area contributed by atoms with Crippen molar-refractivity contribution in [3.63, 3.8) is 0 Å². The van der Waals surface area contributed by atoms with Crippen LogP contribution in [0.2, 0.25) is 0 Å². The average molecular weight is 487 g/mol. The molecule has 180 valence electrons. The van der Waals surface area contributed by atoms with Crippen LogP contribution in [0.3, 0.4) is 0 Å². The van der Waals surface area contributed by atoms with Gasteiger partial charge < -0.3 is 9.84 Å². The molecule has 0 fully saturated rings. The number of aromatic carboxylic acids is 1. The molecule has 5 aromatic rings. The Morgan fingerprint density at radius 2 is 1.14 bits per heavy atom. The highest BCUT2D eigenvalue weighted by atomic mass is 16.5. The first-order valence-corrected chi connectivity index (χ1v) is 11.6. The predicted molar refractivity (Wildman–Crippen MR) is 143 cm³/mol. The minimum Gasteiger partial charge on any atom is -0.489 e. The Kier molecular flexibility index (Phi) is 7.04. The van der Waals surface area contributed by atoms with Gasteiger partial charge in [0.1, 0.15) is 12.4 Å². The van der Waals surface area contributed by atoms with Gasteiger partial charge in [-0.05, 0) is 66.2 Å². The fourth-order valence-electron chi connectivity index (χ4n) is 3.68. The molecule has 0 unspecified atom stereocenters. The number of azo groups is 2. The van der Waals surface area contributed by atoms with Gasteiger partial charge in [0.05, 0.1) is 28.3 Å². The molecule has 0 spiro atoms. The third-order valence-electron chi connectivity index (χ3n) is 5.62. The molecule has 0 heterocycles. The molecule has 0 saturated heterocycles. The van der Waals surface area contributed by atoms with E-state index >= 15 is 0 Å². The molecule has 1 N–H and O–H groups in total. The summed E-state index contributed by atoms with van der Waals surface area (Å²) < 4.78 is 5.80. The van der Waals surface area contributed by atoms with Gasteiger partial charge in [-0.15, -0.1) is 10.2 Å². The van der Waals surface area contributed by atoms with Crippen LogP contribution < -0.4 is 4.74 Å². The number of hydrogen-bond donors (Lipinski definition) is 1. The molecule has 0 aliphatic heterocycles. The van der Waals surface area contributed by atoms with Crippen molar-refractivity contribution in [3.05, 3.63) is 126 Å². The van der Waals surface area contributed by atoms with E-state index in [4.69, 9.17) is 9.84 Å². The second kappa shape index (κ2) is 11.0. The highest BCUT2D eigenvalue weighted by Gasteiger charge is 2.06. The first-order valence-electron chi connectivity index (χ1n) is 11.6. The number of benzene rings is 5. The van der Waals surface area contributed by atoms with E-state index in [0.29, 0.717) is 18.0 Å². The van der Waals surface area contributed by atoms with E-state index in [1.165, 1.54) is 0 Å². The van der Waals surface area contributed by atoms with Crippen molar-refractivity contribution in [2.75, 3.05) is 0 Å². The molecule has 37 heavy (non-hydrogen) atoms. The lowest BCUT2D eigenvalue weighted by atomic mass is 10.1. The van der Waals surface area contributed by atoms with Gasteiger partial charge in [0.15, 0.2) is 0 Å². The van der Waals surface area contributed by atoms with Gasteiger partial charge in [0, 0.05) is 10.8 Å². The molecular formula is C30H22N4O3. The SMILES string of the molecule is O=C(O)c1ccc(COc2ccc(/N=N/c3ccc(/N=N/c4ccccc4)c4ccccc34)cc2)cc1. The van der Waals surface area contributed by atoms with Crippen LogP contribution >= 0.6 is 0 Å². The monoisotopic (exact) mass is 486 g/mol. The van der Waals surface area contributed by atoms with Crippen molar-refractivity contribution < 1.29 is 14.6 Å². The standard InChI is InChI=1S/C30H22N4O3/c35-30(36)22-12-10-21(11-13-22)20-37-25-16-14-24(15-17-25)32-34-29-19-18-28(26-8-4-5-9-27(26)29)33-31-23-6-2-1-3-7-23/h1-19H,20H2,(H,35,36)/b33-31+,34-32+. The Bertz CT molecular complexity index is 1580. The Labute approximate surface area is 213 Å². The molecule has 0 radical (unpaired) electrons. The fourth-order valence-corrected chi connectivity index (χ4v) is 3.68. The van der Waals surface area contributed by atoms with Crippen LogP contribution in [0.25, 0.3) is 10.8 Å². The summed E-state index contributed by atoms with van der Waals surface area (Å²) in [6, 6.07) is 35.2. The normalized spacial score (nSPS) is 11.4. The molecular weight excluding hydrogens is 464 g/mol. The number of carbonyl (C=O) groups is 1. The topological polar surface area (TPSA) is 96.0 Å². The molecule has 0 saturated carbocycles. The number of rotatable bonds is 8. The Hall–Kier alpha value is -5.17. The second-order valence-electron chi connectivity index (χ2n) is 8.17. The minimum absolute atomic E-state index is 0.248. The highest BCUT2D eigenvalue weighted by Crippen LogP contribution is 2.35. The van der Waals surface area contributed by atoms with Crippen LogP contribution in [0.1, 0.15) is 15.9 Å². The molecule has 0 aliphatic carbocycles. The smallest absolute Gasteiger partial charge is 0.335 e. The van der Waals surface area contributed by atoms with Gasteiger partial charge >= 0.3 is 5.97 Å². The predicted octanol–water partition coefficient (Wildman–Crippen LogP) is 8.95. The van der Waals surface area contributed by atoms with E-state index in [-0.39, 0.29) is 5.56 Å². The lowest BCUT2D eigenvalue weighted by Crippen LogP contribution is -1.98. The van der Waals surface area contributed by atoms with E-state index in [9.17, 15) is 4.79 Å². The Morgan fingerprint density at radius 3 is 1.70 bits per heavy atom. The summed E-state index contributed by atoms with van der Waals surface area (Å²) in [5.41, 5.74) is 4.11. The van der Waals surface area contributed by atoms with Crippen LogP contribution in [0, 0.1) is 0 Å². The molecule has 7 heteroatoms. The number of carboxylic acid groups (broad SMARTS) is 1. The summed E-state index contributed by atoms with van der Waals surface area (Å²) in [7, 11) is 0. The molecule has 5 aromatic carbocycles. The van der Waals surface area contributed by atoms with E-state index < -0.39 is 5.97 Å². The van der Waals surface area contributed by atoms with Crippen LogP contribution in [-0.4, -0.2) is 11.1 Å². The zero-order chi connectivity index (χ0) is 25.5. The minimum atomic E-state index is -0.949. The summed E-state index contributed by atoms with van der Waals surface area (Å²) in [6.45, 7) is 0.334. The molecule has 0 amide bonds. The van der Waals surface area contributed by atoms with Crippen molar-refractivity contribution in [2.24, 2.45) is 20.5 Å². The van der Waals surface area contributed by atoms with Crippen molar-refractivity contribution in [1.29, 1.82) is 0 Å². The fraction of sp³-hybridized carbons (Fsp3) is 0.0333. The number of fused-ring (bicyclic) bond motifs is 1. The molecule has 7 nitrogen and oxygen atoms in total. The first-order chi connectivity index (χ1) is 18.2. The van der Waals surface area contributed by atoms with Gasteiger partial charge in [-0.2, -0.15) is 10.2 Å². The highest BCUT2D eigenvalue weighted by molar-refractivity contribution is 5.99. The van der Waals surface area contributed by atoms with Crippen LogP contribution in [0.5, 0.6) is 5.75 Å². The molecule has 0 bridgehead atoms. The first kappa shape index (κ1) is 23.6. The molecule has 0 aliphatic rings. The van der Waals surface area contributed by atoms with Crippen LogP contribution in [0.15, 0.2) is 136 Å². The summed E-state index contributed by atoms with van der Waals surface area (Å²) in [6.07, 6.45) is 0. The summed E-state index contributed by atoms with van der Waals surface area (Å²) >= 11 is 0. The number of carboxylic acids is 1. The Balaban J connectivity index is 1.28. The van der Waals surface area contributed by atoms with Crippen LogP contribution in [-0.2, 0) is 6.61 Å². The maximum atomic E-state index is 11.0. The second-order valence-corrected chi connectivity index (χ2v) is 8.17. The van der Waals surface area contributed by atoms with E-state index in [1.54, 1.807) is 24.3 Å². The van der Waals surface area contributed by atoms with Gasteiger partial charge in [0.2, 0.25) is 0 Å². The summed E-state index contributed by atoms with van der Waals surface area (Å²) in [4.78, 5) is 11.0. The van der Waals surface area contributed by atoms with Crippen molar-refractivity contribution in [1.82, 2.24) is 0 Å². The van der Waals surface area contributed by atoms with E-state index in [1.807, 2.05) is 91.0 Å². The lowest BCUT2D eigenvalue weighted by Gasteiger charge is -2.07. The maximum Gasteiger partial charge on any atom is 0.335 e. The number of ether oxygens (including phenoxy) is 1. The van der Waals surface area contributed by atoms with Crippen molar-refractivity contribution >= 4 is 39.5 Å². The van der Waals surface area contributed by atoms with E-state index in [2.05, 4.69) is 20.5 Å². The molecule has 0 aromatic heterocycles. The number of nitrogens with zero attached hydrogens (tertiary/aromatic N) is 4. The third-order valence-corrected chi connectivity index (χ3v) is 5.62. The maximum absolute atomic E-state index is 11.0. The molecule has 5 rings (SSSR count). The van der Waals surface area contributed by atoms with Crippen LogP contribution in [0.4, 0.5) is 22.7 Å². The Morgan fingerprint density at radius 1 is 0.595 bits per heavy atom. The summed E-state index contributed by atoms with van der Waals surface area (Å²) in [5, 5.41) is 28.5.